The van der Waals surface area contributed by atoms with Crippen molar-refractivity contribution in [2.75, 3.05) is 31.1 Å². The van der Waals surface area contributed by atoms with Crippen molar-refractivity contribution < 1.29 is 4.79 Å². The Balaban J connectivity index is 1.82. The molecule has 0 saturated carbocycles. The molecule has 0 spiro atoms. The molecule has 2 atom stereocenters. The van der Waals surface area contributed by atoms with Gasteiger partial charge in [0, 0.05) is 36.5 Å². The van der Waals surface area contributed by atoms with Gasteiger partial charge < -0.3 is 16.4 Å². The Hall–Kier alpha value is -1.75. The van der Waals surface area contributed by atoms with Crippen molar-refractivity contribution in [3.8, 4) is 0 Å². The van der Waals surface area contributed by atoms with Crippen LogP contribution in [0.2, 0.25) is 0 Å². The van der Waals surface area contributed by atoms with Crippen molar-refractivity contribution in [2.24, 2.45) is 0 Å². The molecule has 3 rings (SSSR count). The number of anilines is 2. The van der Waals surface area contributed by atoms with Crippen LogP contribution < -0.4 is 11.5 Å². The van der Waals surface area contributed by atoms with Crippen molar-refractivity contribution in [2.45, 2.75) is 31.8 Å². The molecule has 0 aliphatic carbocycles. The number of carbonyl (C=O) groups is 1. The summed E-state index contributed by atoms with van der Waals surface area (Å²) in [5.74, 6) is 0.0292. The summed E-state index contributed by atoms with van der Waals surface area (Å²) in [6, 6.07) is 5.88. The minimum atomic E-state index is 0.0292. The van der Waals surface area contributed by atoms with Crippen LogP contribution in [0.1, 0.15) is 30.1 Å². The molecule has 1 aromatic rings. The molecule has 0 radical (unpaired) electrons. The number of piperazine rings is 1. The van der Waals surface area contributed by atoms with Gasteiger partial charge in [-0.15, -0.1) is 0 Å². The predicted molar refractivity (Wildman–Crippen MR) is 80.4 cm³/mol. The Labute approximate surface area is 119 Å². The summed E-state index contributed by atoms with van der Waals surface area (Å²) in [5.41, 5.74) is 13.3. The predicted octanol–water partition coefficient (Wildman–Crippen LogP) is 1.16. The van der Waals surface area contributed by atoms with Crippen molar-refractivity contribution >= 4 is 17.3 Å². The molecule has 2 unspecified atom stereocenters. The average Bonchev–Trinajstić information content (AvgIpc) is 2.84. The minimum absolute atomic E-state index is 0.0292. The first-order valence-corrected chi connectivity index (χ1v) is 7.26. The van der Waals surface area contributed by atoms with Crippen LogP contribution in [-0.2, 0) is 0 Å². The Bertz CT molecular complexity index is 531. The van der Waals surface area contributed by atoms with E-state index in [4.69, 9.17) is 11.5 Å². The second kappa shape index (κ2) is 4.98. The number of hydrogen-bond donors (Lipinski definition) is 2. The first-order valence-electron chi connectivity index (χ1n) is 7.26. The SMILES string of the molecule is CC1CN2CCCC2CN1C(=O)c1ccc(N)cc1N. The molecule has 20 heavy (non-hydrogen) atoms. The van der Waals surface area contributed by atoms with Crippen LogP contribution in [0.25, 0.3) is 0 Å². The van der Waals surface area contributed by atoms with Crippen LogP contribution in [0.4, 0.5) is 11.4 Å². The van der Waals surface area contributed by atoms with E-state index in [9.17, 15) is 4.79 Å². The minimum Gasteiger partial charge on any atom is -0.399 e. The van der Waals surface area contributed by atoms with Crippen LogP contribution in [-0.4, -0.2) is 47.4 Å². The van der Waals surface area contributed by atoms with E-state index < -0.39 is 0 Å². The molecular weight excluding hydrogens is 252 g/mol. The molecule has 5 heteroatoms. The van der Waals surface area contributed by atoms with E-state index in [1.165, 1.54) is 19.4 Å². The van der Waals surface area contributed by atoms with Crippen molar-refractivity contribution in [3.63, 3.8) is 0 Å². The first-order chi connectivity index (χ1) is 9.56. The fraction of sp³-hybridized carbons (Fsp3) is 0.533. The van der Waals surface area contributed by atoms with E-state index in [0.717, 1.165) is 13.1 Å². The van der Waals surface area contributed by atoms with Crippen LogP contribution in [0.15, 0.2) is 18.2 Å². The lowest BCUT2D eigenvalue weighted by Gasteiger charge is -2.42. The molecule has 2 aliphatic rings. The zero-order valence-electron chi connectivity index (χ0n) is 11.9. The lowest BCUT2D eigenvalue weighted by molar-refractivity contribution is 0.0396. The molecule has 0 bridgehead atoms. The van der Waals surface area contributed by atoms with Gasteiger partial charge in [0.15, 0.2) is 0 Å². The van der Waals surface area contributed by atoms with Gasteiger partial charge in [0.25, 0.3) is 5.91 Å². The van der Waals surface area contributed by atoms with E-state index in [-0.39, 0.29) is 11.9 Å². The summed E-state index contributed by atoms with van der Waals surface area (Å²) in [5, 5.41) is 0. The molecule has 2 fully saturated rings. The van der Waals surface area contributed by atoms with Gasteiger partial charge >= 0.3 is 0 Å². The lowest BCUT2D eigenvalue weighted by atomic mass is 10.0. The molecule has 5 nitrogen and oxygen atoms in total. The summed E-state index contributed by atoms with van der Waals surface area (Å²) >= 11 is 0. The average molecular weight is 274 g/mol. The third-order valence-corrected chi connectivity index (χ3v) is 4.50. The lowest BCUT2D eigenvalue weighted by Crippen LogP contribution is -2.56. The summed E-state index contributed by atoms with van der Waals surface area (Å²) in [7, 11) is 0. The highest BCUT2D eigenvalue weighted by atomic mass is 16.2. The maximum Gasteiger partial charge on any atom is 0.256 e. The fourth-order valence-corrected chi connectivity index (χ4v) is 3.40. The molecule has 2 heterocycles. The molecule has 108 valence electrons. The second-order valence-electron chi connectivity index (χ2n) is 5.94. The summed E-state index contributed by atoms with van der Waals surface area (Å²) in [6.07, 6.45) is 2.43. The zero-order chi connectivity index (χ0) is 14.3. The fourth-order valence-electron chi connectivity index (χ4n) is 3.40. The van der Waals surface area contributed by atoms with Gasteiger partial charge in [0.05, 0.1) is 5.56 Å². The van der Waals surface area contributed by atoms with Crippen LogP contribution in [0, 0.1) is 0 Å². The molecule has 4 N–H and O–H groups in total. The number of rotatable bonds is 1. The van der Waals surface area contributed by atoms with E-state index >= 15 is 0 Å². The van der Waals surface area contributed by atoms with Gasteiger partial charge in [0.2, 0.25) is 0 Å². The zero-order valence-corrected chi connectivity index (χ0v) is 11.9. The quantitative estimate of drug-likeness (QED) is 0.754. The van der Waals surface area contributed by atoms with Gasteiger partial charge in [0.1, 0.15) is 0 Å². The molecule has 0 aromatic heterocycles. The number of benzene rings is 1. The number of amides is 1. The molecule has 1 aromatic carbocycles. The molecule has 2 aliphatic heterocycles. The van der Waals surface area contributed by atoms with Gasteiger partial charge in [-0.25, -0.2) is 0 Å². The highest BCUT2D eigenvalue weighted by Crippen LogP contribution is 2.27. The Morgan fingerprint density at radius 2 is 2.10 bits per heavy atom. The van der Waals surface area contributed by atoms with Crippen molar-refractivity contribution in [1.29, 1.82) is 0 Å². The van der Waals surface area contributed by atoms with E-state index in [1.807, 2.05) is 4.90 Å². The van der Waals surface area contributed by atoms with Gasteiger partial charge in [-0.2, -0.15) is 0 Å². The van der Waals surface area contributed by atoms with Gasteiger partial charge in [-0.1, -0.05) is 0 Å². The Morgan fingerprint density at radius 3 is 2.85 bits per heavy atom. The van der Waals surface area contributed by atoms with Crippen LogP contribution in [0.3, 0.4) is 0 Å². The number of nitrogen functional groups attached to an aromatic ring is 2. The van der Waals surface area contributed by atoms with Crippen LogP contribution in [0.5, 0.6) is 0 Å². The van der Waals surface area contributed by atoms with E-state index in [0.29, 0.717) is 23.0 Å². The summed E-state index contributed by atoms with van der Waals surface area (Å²) in [6.45, 7) is 5.05. The second-order valence-corrected chi connectivity index (χ2v) is 5.94. The monoisotopic (exact) mass is 274 g/mol. The van der Waals surface area contributed by atoms with Crippen LogP contribution >= 0.6 is 0 Å². The number of carbonyl (C=O) groups excluding carboxylic acids is 1. The normalized spacial score (nSPS) is 26.6. The summed E-state index contributed by atoms with van der Waals surface area (Å²) < 4.78 is 0. The third-order valence-electron chi connectivity index (χ3n) is 4.50. The summed E-state index contributed by atoms with van der Waals surface area (Å²) in [4.78, 5) is 17.2. The van der Waals surface area contributed by atoms with Crippen molar-refractivity contribution in [1.82, 2.24) is 9.80 Å². The maximum absolute atomic E-state index is 12.7. The van der Waals surface area contributed by atoms with E-state index in [2.05, 4.69) is 11.8 Å². The number of hydrogen-bond acceptors (Lipinski definition) is 4. The standard InChI is InChI=1S/C15H22N4O/c1-10-8-18-6-2-3-12(18)9-19(10)15(20)13-5-4-11(16)7-14(13)17/h4-5,7,10,12H,2-3,6,8-9,16-17H2,1H3. The Morgan fingerprint density at radius 1 is 1.30 bits per heavy atom. The van der Waals surface area contributed by atoms with E-state index in [1.54, 1.807) is 18.2 Å². The third kappa shape index (κ3) is 2.22. The first kappa shape index (κ1) is 13.2. The highest BCUT2D eigenvalue weighted by molar-refractivity contribution is 6.00. The molecule has 2 saturated heterocycles. The van der Waals surface area contributed by atoms with Gasteiger partial charge in [-0.3, -0.25) is 9.69 Å². The van der Waals surface area contributed by atoms with Gasteiger partial charge in [-0.05, 0) is 44.5 Å². The van der Waals surface area contributed by atoms with Crippen molar-refractivity contribution in [3.05, 3.63) is 23.8 Å². The largest absolute Gasteiger partial charge is 0.399 e. The maximum atomic E-state index is 12.7. The Kier molecular flexibility index (Phi) is 3.30. The smallest absolute Gasteiger partial charge is 0.256 e. The molecular formula is C15H22N4O. The topological polar surface area (TPSA) is 75.6 Å². The number of fused-ring (bicyclic) bond motifs is 1. The molecule has 1 amide bonds. The highest BCUT2D eigenvalue weighted by Gasteiger charge is 2.37. The number of nitrogens with two attached hydrogens (primary N) is 2. The number of nitrogens with zero attached hydrogens (tertiary/aromatic N) is 2.